The molecule has 3 N–H and O–H groups in total. The molecule has 1 amide bonds. The molecule has 5 nitrogen and oxygen atoms in total. The molecule has 0 bridgehead atoms. The number of anilines is 1. The first-order chi connectivity index (χ1) is 10.0. The first kappa shape index (κ1) is 15.4. The van der Waals surface area contributed by atoms with Gasteiger partial charge in [-0.3, -0.25) is 4.79 Å². The molecule has 0 heterocycles. The van der Waals surface area contributed by atoms with Crippen LogP contribution in [0, 0.1) is 11.7 Å². The van der Waals surface area contributed by atoms with Gasteiger partial charge in [-0.05, 0) is 43.9 Å². The lowest BCUT2D eigenvalue weighted by Crippen LogP contribution is -2.32. The second-order valence-corrected chi connectivity index (χ2v) is 5.28. The Bertz CT molecular complexity index is 540. The second kappa shape index (κ2) is 6.67. The Balaban J connectivity index is 2.13. The predicted octanol–water partition coefficient (Wildman–Crippen LogP) is 2.07. The number of nitrogens with one attached hydrogen (secondary N) is 1. The molecule has 0 aliphatic heterocycles. The van der Waals surface area contributed by atoms with Crippen LogP contribution < -0.4 is 11.1 Å². The van der Waals surface area contributed by atoms with Gasteiger partial charge in [-0.2, -0.15) is 0 Å². The Kier molecular flexibility index (Phi) is 4.90. The van der Waals surface area contributed by atoms with E-state index in [1.54, 1.807) is 0 Å². The summed E-state index contributed by atoms with van der Waals surface area (Å²) in [6, 6.07) is 3.72. The molecule has 1 saturated carbocycles. The van der Waals surface area contributed by atoms with Gasteiger partial charge in [0, 0.05) is 12.0 Å². The number of rotatable bonds is 3. The van der Waals surface area contributed by atoms with Crippen molar-refractivity contribution in [1.29, 1.82) is 0 Å². The minimum Gasteiger partial charge on any atom is -0.465 e. The fourth-order valence-electron chi connectivity index (χ4n) is 2.52. The summed E-state index contributed by atoms with van der Waals surface area (Å²) in [5.41, 5.74) is 6.09. The third kappa shape index (κ3) is 3.78. The number of nitrogens with two attached hydrogens (primary N) is 1. The summed E-state index contributed by atoms with van der Waals surface area (Å²) in [6.07, 6.45) is 3.00. The summed E-state index contributed by atoms with van der Waals surface area (Å²) in [5.74, 6) is -1.50. The number of hydrogen-bond donors (Lipinski definition) is 2. The predicted molar refractivity (Wildman–Crippen MR) is 76.3 cm³/mol. The first-order valence-corrected chi connectivity index (χ1v) is 6.95. The molecule has 1 aliphatic carbocycles. The monoisotopic (exact) mass is 294 g/mol. The van der Waals surface area contributed by atoms with E-state index in [2.05, 4.69) is 10.1 Å². The van der Waals surface area contributed by atoms with Crippen LogP contribution in [-0.2, 0) is 9.53 Å². The zero-order valence-corrected chi connectivity index (χ0v) is 11.9. The number of halogens is 1. The molecule has 114 valence electrons. The molecule has 0 saturated heterocycles. The maximum Gasteiger partial charge on any atom is 0.339 e. The molecule has 0 atom stereocenters. The number of ether oxygens (including phenoxy) is 1. The van der Waals surface area contributed by atoms with Crippen molar-refractivity contribution in [3.8, 4) is 0 Å². The Morgan fingerprint density at radius 2 is 1.95 bits per heavy atom. The van der Waals surface area contributed by atoms with Gasteiger partial charge in [0.15, 0.2) is 0 Å². The SMILES string of the molecule is COC(=O)c1ccc(F)cc1NC(=O)C1CCC(N)CC1. The third-order valence-corrected chi connectivity index (χ3v) is 3.79. The van der Waals surface area contributed by atoms with Crippen LogP contribution in [-0.4, -0.2) is 25.0 Å². The van der Waals surface area contributed by atoms with Gasteiger partial charge in [0.25, 0.3) is 0 Å². The number of hydrogen-bond acceptors (Lipinski definition) is 4. The van der Waals surface area contributed by atoms with Gasteiger partial charge >= 0.3 is 5.97 Å². The highest BCUT2D eigenvalue weighted by Crippen LogP contribution is 2.26. The highest BCUT2D eigenvalue weighted by molar-refractivity contribution is 6.01. The Morgan fingerprint density at radius 3 is 2.57 bits per heavy atom. The summed E-state index contributed by atoms with van der Waals surface area (Å²) < 4.78 is 18.0. The first-order valence-electron chi connectivity index (χ1n) is 6.95. The molecule has 0 spiro atoms. The van der Waals surface area contributed by atoms with Crippen molar-refractivity contribution < 1.29 is 18.7 Å². The van der Waals surface area contributed by atoms with Gasteiger partial charge in [0.05, 0.1) is 18.4 Å². The standard InChI is InChI=1S/C15H19FN2O3/c1-21-15(20)12-7-4-10(16)8-13(12)18-14(19)9-2-5-11(17)6-3-9/h4,7-9,11H,2-3,5-6,17H2,1H3,(H,18,19). The van der Waals surface area contributed by atoms with E-state index in [0.717, 1.165) is 25.0 Å². The van der Waals surface area contributed by atoms with Crippen LogP contribution in [0.15, 0.2) is 18.2 Å². The average Bonchev–Trinajstić information content (AvgIpc) is 2.47. The number of esters is 1. The number of amides is 1. The molecule has 0 aromatic heterocycles. The molecule has 0 unspecified atom stereocenters. The lowest BCUT2D eigenvalue weighted by atomic mass is 9.86. The second-order valence-electron chi connectivity index (χ2n) is 5.28. The molecule has 6 heteroatoms. The molecule has 1 aliphatic rings. The molecule has 2 rings (SSSR count). The van der Waals surface area contributed by atoms with E-state index in [0.29, 0.717) is 12.8 Å². The minimum absolute atomic E-state index is 0.139. The van der Waals surface area contributed by atoms with Crippen LogP contribution in [0.25, 0.3) is 0 Å². The van der Waals surface area contributed by atoms with E-state index in [-0.39, 0.29) is 29.1 Å². The highest BCUT2D eigenvalue weighted by Gasteiger charge is 2.25. The van der Waals surface area contributed by atoms with E-state index in [4.69, 9.17) is 5.73 Å². The maximum atomic E-state index is 13.3. The molecular weight excluding hydrogens is 275 g/mol. The molecule has 1 fully saturated rings. The van der Waals surface area contributed by atoms with Gasteiger partial charge in [0.2, 0.25) is 5.91 Å². The van der Waals surface area contributed by atoms with E-state index < -0.39 is 11.8 Å². The lowest BCUT2D eigenvalue weighted by Gasteiger charge is -2.25. The summed E-state index contributed by atoms with van der Waals surface area (Å²) in [7, 11) is 1.24. The van der Waals surface area contributed by atoms with Crippen molar-refractivity contribution in [2.24, 2.45) is 11.7 Å². The minimum atomic E-state index is -0.615. The number of benzene rings is 1. The zero-order chi connectivity index (χ0) is 15.4. The molecule has 1 aromatic rings. The van der Waals surface area contributed by atoms with Crippen LogP contribution in [0.2, 0.25) is 0 Å². The molecular formula is C15H19FN2O3. The fourth-order valence-corrected chi connectivity index (χ4v) is 2.52. The van der Waals surface area contributed by atoms with Gasteiger partial charge in [0.1, 0.15) is 5.82 Å². The van der Waals surface area contributed by atoms with E-state index in [9.17, 15) is 14.0 Å². The smallest absolute Gasteiger partial charge is 0.339 e. The van der Waals surface area contributed by atoms with Gasteiger partial charge in [-0.1, -0.05) is 0 Å². The van der Waals surface area contributed by atoms with E-state index >= 15 is 0 Å². The molecule has 0 radical (unpaired) electrons. The zero-order valence-electron chi connectivity index (χ0n) is 11.9. The van der Waals surface area contributed by atoms with Crippen LogP contribution in [0.5, 0.6) is 0 Å². The fraction of sp³-hybridized carbons (Fsp3) is 0.467. The normalized spacial score (nSPS) is 21.7. The highest BCUT2D eigenvalue weighted by atomic mass is 19.1. The largest absolute Gasteiger partial charge is 0.465 e. The van der Waals surface area contributed by atoms with Crippen LogP contribution in [0.3, 0.4) is 0 Å². The summed E-state index contributed by atoms with van der Waals surface area (Å²) >= 11 is 0. The average molecular weight is 294 g/mol. The Labute approximate surface area is 122 Å². The Morgan fingerprint density at radius 1 is 1.29 bits per heavy atom. The van der Waals surface area contributed by atoms with Crippen molar-refractivity contribution in [3.05, 3.63) is 29.6 Å². The summed E-state index contributed by atoms with van der Waals surface area (Å²) in [6.45, 7) is 0. The third-order valence-electron chi connectivity index (χ3n) is 3.79. The molecule has 21 heavy (non-hydrogen) atoms. The van der Waals surface area contributed by atoms with Crippen molar-refractivity contribution in [2.75, 3.05) is 12.4 Å². The van der Waals surface area contributed by atoms with Gasteiger partial charge < -0.3 is 15.8 Å². The topological polar surface area (TPSA) is 81.4 Å². The number of methoxy groups -OCH3 is 1. The van der Waals surface area contributed by atoms with Crippen molar-refractivity contribution in [2.45, 2.75) is 31.7 Å². The van der Waals surface area contributed by atoms with Crippen LogP contribution in [0.4, 0.5) is 10.1 Å². The maximum absolute atomic E-state index is 13.3. The van der Waals surface area contributed by atoms with Crippen molar-refractivity contribution in [3.63, 3.8) is 0 Å². The number of carbonyl (C=O) groups is 2. The van der Waals surface area contributed by atoms with E-state index in [1.165, 1.54) is 13.2 Å². The number of carbonyl (C=O) groups excluding carboxylic acids is 2. The Hall–Kier alpha value is -1.95. The quantitative estimate of drug-likeness (QED) is 0.836. The van der Waals surface area contributed by atoms with Gasteiger partial charge in [-0.15, -0.1) is 0 Å². The lowest BCUT2D eigenvalue weighted by molar-refractivity contribution is -0.120. The summed E-state index contributed by atoms with van der Waals surface area (Å²) in [5, 5.41) is 2.63. The van der Waals surface area contributed by atoms with E-state index in [1.807, 2.05) is 0 Å². The van der Waals surface area contributed by atoms with Crippen LogP contribution in [0.1, 0.15) is 36.0 Å². The van der Waals surface area contributed by atoms with Crippen molar-refractivity contribution >= 4 is 17.6 Å². The van der Waals surface area contributed by atoms with Crippen LogP contribution >= 0.6 is 0 Å². The van der Waals surface area contributed by atoms with Crippen molar-refractivity contribution in [1.82, 2.24) is 0 Å². The van der Waals surface area contributed by atoms with Gasteiger partial charge in [-0.25, -0.2) is 9.18 Å². The molecule has 1 aromatic carbocycles. The summed E-state index contributed by atoms with van der Waals surface area (Å²) in [4.78, 5) is 23.9.